The zero-order valence-corrected chi connectivity index (χ0v) is 13.7. The highest BCUT2D eigenvalue weighted by molar-refractivity contribution is 6.44. The van der Waals surface area contributed by atoms with Gasteiger partial charge in [0.05, 0.1) is 5.02 Å². The van der Waals surface area contributed by atoms with Crippen molar-refractivity contribution in [2.75, 3.05) is 10.6 Å². The molecule has 2 aromatic rings. The molecule has 2 aromatic carbocycles. The van der Waals surface area contributed by atoms with Gasteiger partial charge >= 0.3 is 11.8 Å². The van der Waals surface area contributed by atoms with Gasteiger partial charge in [-0.15, -0.1) is 0 Å². The molecule has 0 aliphatic rings. The number of anilines is 2. The summed E-state index contributed by atoms with van der Waals surface area (Å²) in [5.41, 5.74) is 3.66. The van der Waals surface area contributed by atoms with E-state index in [-0.39, 0.29) is 10.7 Å². The maximum absolute atomic E-state index is 13.1. The molecule has 0 saturated carbocycles. The van der Waals surface area contributed by atoms with Crippen molar-refractivity contribution in [3.8, 4) is 0 Å². The second-order valence-electron chi connectivity index (χ2n) is 5.31. The molecule has 2 amide bonds. The smallest absolute Gasteiger partial charge is 0.314 e. The van der Waals surface area contributed by atoms with Crippen LogP contribution in [0.3, 0.4) is 0 Å². The highest BCUT2D eigenvalue weighted by atomic mass is 35.5. The van der Waals surface area contributed by atoms with Crippen LogP contribution in [0.25, 0.3) is 0 Å². The first-order chi connectivity index (χ1) is 10.8. The van der Waals surface area contributed by atoms with Crippen LogP contribution in [0.4, 0.5) is 15.8 Å². The summed E-state index contributed by atoms with van der Waals surface area (Å²) in [6.45, 7) is 5.66. The second kappa shape index (κ2) is 6.79. The molecule has 120 valence electrons. The Bertz CT molecular complexity index is 767. The van der Waals surface area contributed by atoms with Crippen LogP contribution < -0.4 is 10.6 Å². The molecule has 0 heterocycles. The quantitative estimate of drug-likeness (QED) is 0.816. The SMILES string of the molecule is Cc1cc(C)c(NC(=O)C(=O)Nc2ccc(F)c(Cl)c2)c(C)c1. The first kappa shape index (κ1) is 17.0. The van der Waals surface area contributed by atoms with Gasteiger partial charge in [-0.25, -0.2) is 4.39 Å². The lowest BCUT2D eigenvalue weighted by molar-refractivity contribution is -0.133. The minimum atomic E-state index is -0.855. The van der Waals surface area contributed by atoms with Crippen LogP contribution in [-0.4, -0.2) is 11.8 Å². The third-order valence-electron chi connectivity index (χ3n) is 3.30. The zero-order chi connectivity index (χ0) is 17.1. The van der Waals surface area contributed by atoms with Crippen molar-refractivity contribution in [1.82, 2.24) is 0 Å². The number of benzene rings is 2. The summed E-state index contributed by atoms with van der Waals surface area (Å²) in [6.07, 6.45) is 0. The van der Waals surface area contributed by atoms with E-state index in [0.717, 1.165) is 22.8 Å². The van der Waals surface area contributed by atoms with Gasteiger partial charge in [-0.1, -0.05) is 29.3 Å². The normalized spacial score (nSPS) is 10.3. The monoisotopic (exact) mass is 334 g/mol. The number of hydrogen-bond donors (Lipinski definition) is 2. The summed E-state index contributed by atoms with van der Waals surface area (Å²) in [5.74, 6) is -2.26. The number of aryl methyl sites for hydroxylation is 3. The van der Waals surface area contributed by atoms with Crippen LogP contribution in [0, 0.1) is 26.6 Å². The topological polar surface area (TPSA) is 58.2 Å². The van der Waals surface area contributed by atoms with E-state index >= 15 is 0 Å². The molecule has 0 aliphatic heterocycles. The molecule has 0 aliphatic carbocycles. The lowest BCUT2D eigenvalue weighted by Crippen LogP contribution is -2.29. The Kier molecular flexibility index (Phi) is 5.01. The summed E-state index contributed by atoms with van der Waals surface area (Å²) >= 11 is 5.64. The minimum absolute atomic E-state index is 0.131. The first-order valence-corrected chi connectivity index (χ1v) is 7.31. The molecule has 2 N–H and O–H groups in total. The van der Waals surface area contributed by atoms with E-state index < -0.39 is 17.6 Å². The van der Waals surface area contributed by atoms with E-state index in [4.69, 9.17) is 11.6 Å². The van der Waals surface area contributed by atoms with E-state index in [2.05, 4.69) is 10.6 Å². The zero-order valence-electron chi connectivity index (χ0n) is 13.0. The summed E-state index contributed by atoms with van der Waals surface area (Å²) in [4.78, 5) is 24.0. The molecule has 0 radical (unpaired) electrons. The van der Waals surface area contributed by atoms with Crippen molar-refractivity contribution in [3.05, 3.63) is 57.9 Å². The van der Waals surface area contributed by atoms with Crippen LogP contribution in [0.5, 0.6) is 0 Å². The fourth-order valence-corrected chi connectivity index (χ4v) is 2.49. The Morgan fingerprint density at radius 3 is 2.09 bits per heavy atom. The lowest BCUT2D eigenvalue weighted by atomic mass is 10.1. The van der Waals surface area contributed by atoms with Gasteiger partial charge in [0.2, 0.25) is 0 Å². The third-order valence-corrected chi connectivity index (χ3v) is 3.59. The standard InChI is InChI=1S/C17H16ClFN2O2/c1-9-6-10(2)15(11(3)7-9)21-17(23)16(22)20-12-4-5-14(19)13(18)8-12/h4-8H,1-3H3,(H,20,22)(H,21,23). The fourth-order valence-electron chi connectivity index (χ4n) is 2.31. The van der Waals surface area contributed by atoms with Crippen LogP contribution in [0.15, 0.2) is 30.3 Å². The largest absolute Gasteiger partial charge is 0.318 e. The van der Waals surface area contributed by atoms with Crippen LogP contribution in [0.1, 0.15) is 16.7 Å². The van der Waals surface area contributed by atoms with Crippen molar-refractivity contribution in [2.24, 2.45) is 0 Å². The second-order valence-corrected chi connectivity index (χ2v) is 5.72. The van der Waals surface area contributed by atoms with Gasteiger partial charge in [-0.05, 0) is 50.1 Å². The van der Waals surface area contributed by atoms with Gasteiger partial charge in [0.15, 0.2) is 0 Å². The highest BCUT2D eigenvalue weighted by Gasteiger charge is 2.16. The van der Waals surface area contributed by atoms with E-state index in [1.54, 1.807) is 0 Å². The maximum atomic E-state index is 13.1. The Hall–Kier alpha value is -2.40. The van der Waals surface area contributed by atoms with Crippen molar-refractivity contribution in [2.45, 2.75) is 20.8 Å². The first-order valence-electron chi connectivity index (χ1n) is 6.93. The fraction of sp³-hybridized carbons (Fsp3) is 0.176. The van der Waals surface area contributed by atoms with Crippen LogP contribution >= 0.6 is 11.6 Å². The molecule has 0 unspecified atom stereocenters. The summed E-state index contributed by atoms with van der Waals surface area (Å²) in [7, 11) is 0. The molecule has 0 aromatic heterocycles. The minimum Gasteiger partial charge on any atom is -0.318 e. The molecule has 2 rings (SSSR count). The van der Waals surface area contributed by atoms with Crippen LogP contribution in [0.2, 0.25) is 5.02 Å². The predicted octanol–water partition coefficient (Wildman–Crippen LogP) is 3.98. The average Bonchev–Trinajstić information content (AvgIpc) is 2.46. The number of carbonyl (C=O) groups excluding carboxylic acids is 2. The van der Waals surface area contributed by atoms with Crippen LogP contribution in [-0.2, 0) is 9.59 Å². The number of halogens is 2. The number of hydrogen-bond acceptors (Lipinski definition) is 2. The van der Waals surface area contributed by atoms with Gasteiger partial charge in [0, 0.05) is 11.4 Å². The molecular formula is C17H16ClFN2O2. The number of rotatable bonds is 2. The van der Waals surface area contributed by atoms with Crippen molar-refractivity contribution < 1.29 is 14.0 Å². The molecule has 0 fully saturated rings. The lowest BCUT2D eigenvalue weighted by Gasteiger charge is -2.13. The van der Waals surface area contributed by atoms with E-state index in [9.17, 15) is 14.0 Å². The van der Waals surface area contributed by atoms with Crippen molar-refractivity contribution in [1.29, 1.82) is 0 Å². The molecule has 23 heavy (non-hydrogen) atoms. The molecule has 0 saturated heterocycles. The van der Waals surface area contributed by atoms with E-state index in [1.165, 1.54) is 12.1 Å². The van der Waals surface area contributed by atoms with E-state index in [0.29, 0.717) is 5.69 Å². The van der Waals surface area contributed by atoms with E-state index in [1.807, 2.05) is 32.9 Å². The molecule has 6 heteroatoms. The van der Waals surface area contributed by atoms with Crippen molar-refractivity contribution in [3.63, 3.8) is 0 Å². The number of carbonyl (C=O) groups is 2. The molecule has 0 spiro atoms. The highest BCUT2D eigenvalue weighted by Crippen LogP contribution is 2.22. The molecule has 4 nitrogen and oxygen atoms in total. The Balaban J connectivity index is 2.11. The molecular weight excluding hydrogens is 319 g/mol. The molecule has 0 bridgehead atoms. The maximum Gasteiger partial charge on any atom is 0.314 e. The summed E-state index contributed by atoms with van der Waals surface area (Å²) in [6, 6.07) is 7.52. The van der Waals surface area contributed by atoms with Gasteiger partial charge in [-0.2, -0.15) is 0 Å². The Morgan fingerprint density at radius 1 is 0.957 bits per heavy atom. The summed E-state index contributed by atoms with van der Waals surface area (Å²) < 4.78 is 13.1. The average molecular weight is 335 g/mol. The van der Waals surface area contributed by atoms with Gasteiger partial charge < -0.3 is 10.6 Å². The Morgan fingerprint density at radius 2 is 1.52 bits per heavy atom. The number of amides is 2. The van der Waals surface area contributed by atoms with Gasteiger partial charge in [0.25, 0.3) is 0 Å². The Labute approximate surface area is 138 Å². The van der Waals surface area contributed by atoms with Gasteiger partial charge in [-0.3, -0.25) is 9.59 Å². The molecule has 0 atom stereocenters. The number of nitrogens with one attached hydrogen (secondary N) is 2. The van der Waals surface area contributed by atoms with Gasteiger partial charge in [0.1, 0.15) is 5.82 Å². The third kappa shape index (κ3) is 4.07. The summed E-state index contributed by atoms with van der Waals surface area (Å²) in [5, 5.41) is 4.84. The van der Waals surface area contributed by atoms with Crippen molar-refractivity contribution >= 4 is 34.8 Å². The predicted molar refractivity (Wildman–Crippen MR) is 89.3 cm³/mol.